The predicted molar refractivity (Wildman–Crippen MR) is 147 cm³/mol. The number of ether oxygens (including phenoxy) is 1. The van der Waals surface area contributed by atoms with Crippen LogP contribution in [0.15, 0.2) is 80.1 Å². The molecule has 4 aromatic rings. The van der Waals surface area contributed by atoms with Gasteiger partial charge in [-0.05, 0) is 64.5 Å². The summed E-state index contributed by atoms with van der Waals surface area (Å²) in [6.45, 7) is 2.62. The zero-order valence-corrected chi connectivity index (χ0v) is 22.6. The number of amides is 2. The molecule has 7 nitrogen and oxygen atoms in total. The van der Waals surface area contributed by atoms with Crippen LogP contribution < -0.4 is 15.0 Å². The van der Waals surface area contributed by atoms with Gasteiger partial charge in [0.15, 0.2) is 5.76 Å². The first kappa shape index (κ1) is 24.4. The zero-order chi connectivity index (χ0) is 25.2. The van der Waals surface area contributed by atoms with Gasteiger partial charge in [-0.3, -0.25) is 9.59 Å². The Hall–Kier alpha value is -3.30. The Bertz CT molecular complexity index is 1390. The first-order valence-corrected chi connectivity index (χ1v) is 13.0. The number of halogens is 2. The lowest BCUT2D eigenvalue weighted by Crippen LogP contribution is -2.48. The van der Waals surface area contributed by atoms with Crippen LogP contribution in [-0.4, -0.2) is 50.0 Å². The van der Waals surface area contributed by atoms with Crippen molar-refractivity contribution in [3.63, 3.8) is 0 Å². The van der Waals surface area contributed by atoms with Gasteiger partial charge in [0.25, 0.3) is 11.8 Å². The summed E-state index contributed by atoms with van der Waals surface area (Å²) in [5.74, 6) is 0.499. The van der Waals surface area contributed by atoms with Gasteiger partial charge in [-0.2, -0.15) is 0 Å². The number of para-hydroxylation sites is 1. The van der Waals surface area contributed by atoms with Gasteiger partial charge in [0.05, 0.1) is 17.1 Å². The standard InChI is InChI=1S/C27H23Br2N3O4/c1-35-25-21(15-18(28)16-22(25)29)26(33)30-19-6-8-20(9-7-19)31-10-12-32(13-11-31)27(34)24-14-17-4-2-3-5-23(17)36-24/h2-9,14-16H,10-13H2,1H3,(H,30,33). The fourth-order valence-corrected chi connectivity index (χ4v) is 5.69. The fourth-order valence-electron chi connectivity index (χ4n) is 4.30. The Morgan fingerprint density at radius 1 is 0.944 bits per heavy atom. The summed E-state index contributed by atoms with van der Waals surface area (Å²) in [6.07, 6.45) is 0. The second kappa shape index (κ2) is 10.4. The number of rotatable bonds is 5. The van der Waals surface area contributed by atoms with Crippen molar-refractivity contribution in [2.24, 2.45) is 0 Å². The summed E-state index contributed by atoms with van der Waals surface area (Å²) in [5, 5.41) is 3.85. The molecule has 0 aliphatic carbocycles. The predicted octanol–water partition coefficient (Wildman–Crippen LogP) is 6.18. The summed E-state index contributed by atoms with van der Waals surface area (Å²) in [6, 6.07) is 20.7. The molecule has 1 fully saturated rings. The van der Waals surface area contributed by atoms with Crippen LogP contribution >= 0.6 is 31.9 Å². The van der Waals surface area contributed by atoms with Crippen molar-refractivity contribution in [3.8, 4) is 5.75 Å². The van der Waals surface area contributed by atoms with Gasteiger partial charge in [-0.25, -0.2) is 0 Å². The topological polar surface area (TPSA) is 75.0 Å². The fraction of sp³-hybridized carbons (Fsp3) is 0.185. The second-order valence-corrected chi connectivity index (χ2v) is 10.2. The molecule has 1 saturated heterocycles. The monoisotopic (exact) mass is 611 g/mol. The van der Waals surface area contributed by atoms with Crippen molar-refractivity contribution in [3.05, 3.63) is 87.0 Å². The molecule has 2 heterocycles. The Kier molecular flexibility index (Phi) is 7.02. The molecule has 0 saturated carbocycles. The van der Waals surface area contributed by atoms with Gasteiger partial charge in [-0.15, -0.1) is 0 Å². The molecule has 1 N–H and O–H groups in total. The van der Waals surface area contributed by atoms with E-state index in [9.17, 15) is 9.59 Å². The summed E-state index contributed by atoms with van der Waals surface area (Å²) in [7, 11) is 1.53. The van der Waals surface area contributed by atoms with Crippen molar-refractivity contribution in [1.82, 2.24) is 4.90 Å². The number of benzene rings is 3. The second-order valence-electron chi connectivity index (χ2n) is 8.40. The van der Waals surface area contributed by atoms with E-state index in [1.54, 1.807) is 12.1 Å². The molecule has 0 spiro atoms. The lowest BCUT2D eigenvalue weighted by atomic mass is 10.1. The number of anilines is 2. The van der Waals surface area contributed by atoms with Crippen LogP contribution in [0.3, 0.4) is 0 Å². The summed E-state index contributed by atoms with van der Waals surface area (Å²) in [4.78, 5) is 29.8. The molecule has 0 bridgehead atoms. The summed E-state index contributed by atoms with van der Waals surface area (Å²) >= 11 is 6.85. The Morgan fingerprint density at radius 2 is 1.67 bits per heavy atom. The number of piperazine rings is 1. The molecule has 5 rings (SSSR count). The highest BCUT2D eigenvalue weighted by Crippen LogP contribution is 2.33. The SMILES string of the molecule is COc1c(Br)cc(Br)cc1C(=O)Nc1ccc(N2CCN(C(=O)c3cc4ccccc4o3)CC2)cc1. The smallest absolute Gasteiger partial charge is 0.289 e. The zero-order valence-electron chi connectivity index (χ0n) is 19.5. The van der Waals surface area contributed by atoms with Crippen LogP contribution in [0, 0.1) is 0 Å². The van der Waals surface area contributed by atoms with Crippen LogP contribution in [0.4, 0.5) is 11.4 Å². The third kappa shape index (κ3) is 4.99. The summed E-state index contributed by atoms with van der Waals surface area (Å²) in [5.41, 5.74) is 2.86. The lowest BCUT2D eigenvalue weighted by molar-refractivity contribution is 0.0717. The van der Waals surface area contributed by atoms with Gasteiger partial charge in [-0.1, -0.05) is 34.1 Å². The van der Waals surface area contributed by atoms with E-state index in [4.69, 9.17) is 9.15 Å². The van der Waals surface area contributed by atoms with Crippen molar-refractivity contribution in [2.45, 2.75) is 0 Å². The number of fused-ring (bicyclic) bond motifs is 1. The molecule has 1 aromatic heterocycles. The molecule has 0 atom stereocenters. The van der Waals surface area contributed by atoms with Gasteiger partial charge in [0, 0.05) is 47.4 Å². The number of carbonyl (C=O) groups excluding carboxylic acids is 2. The number of nitrogens with one attached hydrogen (secondary N) is 1. The highest BCUT2D eigenvalue weighted by Gasteiger charge is 2.25. The van der Waals surface area contributed by atoms with E-state index in [2.05, 4.69) is 42.1 Å². The quantitative estimate of drug-likeness (QED) is 0.291. The van der Waals surface area contributed by atoms with Gasteiger partial charge in [0.2, 0.25) is 0 Å². The first-order valence-electron chi connectivity index (χ1n) is 11.4. The first-order chi connectivity index (χ1) is 17.4. The molecular formula is C27H23Br2N3O4. The highest BCUT2D eigenvalue weighted by atomic mass is 79.9. The number of carbonyl (C=O) groups is 2. The van der Waals surface area contributed by atoms with E-state index >= 15 is 0 Å². The largest absolute Gasteiger partial charge is 0.495 e. The molecule has 36 heavy (non-hydrogen) atoms. The molecule has 184 valence electrons. The van der Waals surface area contributed by atoms with Crippen LogP contribution in [0.2, 0.25) is 0 Å². The van der Waals surface area contributed by atoms with Crippen LogP contribution in [0.1, 0.15) is 20.9 Å². The van der Waals surface area contributed by atoms with E-state index < -0.39 is 0 Å². The highest BCUT2D eigenvalue weighted by molar-refractivity contribution is 9.11. The van der Waals surface area contributed by atoms with Crippen LogP contribution in [-0.2, 0) is 0 Å². The number of nitrogens with zero attached hydrogens (tertiary/aromatic N) is 2. The van der Waals surface area contributed by atoms with E-state index in [0.717, 1.165) is 21.1 Å². The maximum absolute atomic E-state index is 12.9. The molecular weight excluding hydrogens is 590 g/mol. The average molecular weight is 613 g/mol. The van der Waals surface area contributed by atoms with Crippen molar-refractivity contribution in [2.75, 3.05) is 43.5 Å². The Morgan fingerprint density at radius 3 is 2.36 bits per heavy atom. The van der Waals surface area contributed by atoms with Crippen molar-refractivity contribution < 1.29 is 18.7 Å². The van der Waals surface area contributed by atoms with E-state index in [-0.39, 0.29) is 11.8 Å². The molecule has 2 amide bonds. The minimum absolute atomic E-state index is 0.0847. The Labute approximate surface area is 225 Å². The molecule has 0 unspecified atom stereocenters. The molecule has 3 aromatic carbocycles. The van der Waals surface area contributed by atoms with E-state index in [1.807, 2.05) is 59.5 Å². The molecule has 1 aliphatic heterocycles. The minimum atomic E-state index is -0.265. The lowest BCUT2D eigenvalue weighted by Gasteiger charge is -2.35. The van der Waals surface area contributed by atoms with E-state index in [0.29, 0.717) is 53.4 Å². The van der Waals surface area contributed by atoms with Crippen LogP contribution in [0.5, 0.6) is 5.75 Å². The van der Waals surface area contributed by atoms with E-state index in [1.165, 1.54) is 7.11 Å². The third-order valence-corrected chi connectivity index (χ3v) is 7.20. The van der Waals surface area contributed by atoms with Gasteiger partial charge in [0.1, 0.15) is 11.3 Å². The Balaban J connectivity index is 1.20. The molecule has 1 aliphatic rings. The minimum Gasteiger partial charge on any atom is -0.495 e. The maximum atomic E-state index is 12.9. The molecule has 0 radical (unpaired) electrons. The molecule has 9 heteroatoms. The number of hydrogen-bond acceptors (Lipinski definition) is 5. The number of methoxy groups -OCH3 is 1. The normalized spacial score (nSPS) is 13.6. The van der Waals surface area contributed by atoms with Crippen LogP contribution in [0.25, 0.3) is 11.0 Å². The third-order valence-electron chi connectivity index (χ3n) is 6.15. The van der Waals surface area contributed by atoms with Gasteiger partial charge < -0.3 is 24.3 Å². The van der Waals surface area contributed by atoms with Crippen molar-refractivity contribution >= 4 is 66.0 Å². The average Bonchev–Trinajstić information content (AvgIpc) is 3.33. The maximum Gasteiger partial charge on any atom is 0.289 e. The van der Waals surface area contributed by atoms with Gasteiger partial charge >= 0.3 is 0 Å². The summed E-state index contributed by atoms with van der Waals surface area (Å²) < 4.78 is 12.6. The number of hydrogen-bond donors (Lipinski definition) is 1. The number of furan rings is 1. The van der Waals surface area contributed by atoms with Crippen molar-refractivity contribution in [1.29, 1.82) is 0 Å².